The number of amides is 1. The molecule has 0 bridgehead atoms. The molecule has 150 valence electrons. The fourth-order valence-electron chi connectivity index (χ4n) is 4.05. The largest absolute Gasteiger partial charge is 0.485 e. The van der Waals surface area contributed by atoms with E-state index in [1.165, 1.54) is 0 Å². The van der Waals surface area contributed by atoms with E-state index in [2.05, 4.69) is 36.2 Å². The van der Waals surface area contributed by atoms with Gasteiger partial charge in [-0.3, -0.25) is 4.79 Å². The van der Waals surface area contributed by atoms with Crippen LogP contribution in [0, 0.1) is 6.92 Å². The summed E-state index contributed by atoms with van der Waals surface area (Å²) in [5, 5.41) is 4.07. The lowest BCUT2D eigenvalue weighted by Crippen LogP contribution is -2.53. The molecular formula is C22H29N3O3. The molecule has 0 unspecified atom stereocenters. The average Bonchev–Trinajstić information content (AvgIpc) is 3.10. The third-order valence-corrected chi connectivity index (χ3v) is 5.90. The van der Waals surface area contributed by atoms with Gasteiger partial charge in [0.2, 0.25) is 5.76 Å². The number of nitrogens with zero attached hydrogens (tertiary/aromatic N) is 3. The smallest absolute Gasteiger partial charge is 0.292 e. The van der Waals surface area contributed by atoms with Gasteiger partial charge in [0.05, 0.1) is 12.2 Å². The maximum atomic E-state index is 13.3. The second-order valence-electron chi connectivity index (χ2n) is 8.63. The maximum absolute atomic E-state index is 13.3. The minimum atomic E-state index is -0.358. The number of aromatic nitrogens is 1. The second kappa shape index (κ2) is 7.24. The van der Waals surface area contributed by atoms with Crippen LogP contribution in [0.15, 0.2) is 28.8 Å². The number of benzene rings is 1. The van der Waals surface area contributed by atoms with Crippen LogP contribution in [-0.4, -0.2) is 53.1 Å². The molecule has 1 aromatic heterocycles. The number of hydrogen-bond donors (Lipinski definition) is 0. The Hall–Kier alpha value is -2.34. The first-order valence-corrected chi connectivity index (χ1v) is 10.1. The average molecular weight is 383 g/mol. The lowest BCUT2D eigenvalue weighted by atomic mass is 9.90. The van der Waals surface area contributed by atoms with Crippen LogP contribution in [0.25, 0.3) is 0 Å². The second-order valence-corrected chi connectivity index (χ2v) is 8.63. The fraction of sp³-hybridized carbons (Fsp3) is 0.545. The summed E-state index contributed by atoms with van der Waals surface area (Å²) >= 11 is 0. The minimum Gasteiger partial charge on any atom is -0.485 e. The Labute approximate surface area is 166 Å². The van der Waals surface area contributed by atoms with Crippen LogP contribution in [0.3, 0.4) is 0 Å². The van der Waals surface area contributed by atoms with Crippen molar-refractivity contribution in [2.45, 2.75) is 51.7 Å². The highest BCUT2D eigenvalue weighted by Gasteiger charge is 2.42. The van der Waals surface area contributed by atoms with Crippen LogP contribution >= 0.6 is 0 Å². The first kappa shape index (κ1) is 19.0. The van der Waals surface area contributed by atoms with Gasteiger partial charge in [0, 0.05) is 44.1 Å². The van der Waals surface area contributed by atoms with Crippen molar-refractivity contribution >= 4 is 5.91 Å². The Kier molecular flexibility index (Phi) is 4.91. The number of hydrogen-bond acceptors (Lipinski definition) is 5. The van der Waals surface area contributed by atoms with Gasteiger partial charge < -0.3 is 19.1 Å². The van der Waals surface area contributed by atoms with E-state index in [9.17, 15) is 4.79 Å². The van der Waals surface area contributed by atoms with Gasteiger partial charge in [0.25, 0.3) is 5.91 Å². The summed E-state index contributed by atoms with van der Waals surface area (Å²) in [6, 6.07) is 8.01. The van der Waals surface area contributed by atoms with Crippen molar-refractivity contribution in [2.24, 2.45) is 0 Å². The molecule has 1 spiro atoms. The molecule has 6 heteroatoms. The van der Waals surface area contributed by atoms with Crippen LogP contribution in [0.1, 0.15) is 60.0 Å². The first-order valence-electron chi connectivity index (χ1n) is 10.1. The number of piperidine rings is 1. The molecule has 1 saturated heterocycles. The molecule has 2 aromatic rings. The van der Waals surface area contributed by atoms with E-state index in [0.29, 0.717) is 18.8 Å². The molecule has 4 rings (SSSR count). The zero-order valence-corrected chi connectivity index (χ0v) is 17.2. The molecule has 0 atom stereocenters. The molecule has 1 fully saturated rings. The van der Waals surface area contributed by atoms with Crippen LogP contribution in [-0.2, 0) is 6.54 Å². The number of carbonyl (C=O) groups is 1. The van der Waals surface area contributed by atoms with Gasteiger partial charge in [-0.1, -0.05) is 36.7 Å². The first-order chi connectivity index (χ1) is 13.3. The molecule has 6 nitrogen and oxygen atoms in total. The molecule has 2 aliphatic heterocycles. The van der Waals surface area contributed by atoms with E-state index >= 15 is 0 Å². The van der Waals surface area contributed by atoms with Crippen LogP contribution < -0.4 is 4.74 Å². The summed E-state index contributed by atoms with van der Waals surface area (Å²) in [5.41, 5.74) is 2.66. The molecule has 0 N–H and O–H groups in total. The van der Waals surface area contributed by atoms with Gasteiger partial charge in [0.1, 0.15) is 11.4 Å². The third kappa shape index (κ3) is 3.65. The number of carbonyl (C=O) groups excluding carboxylic acids is 1. The molecule has 2 aliphatic rings. The highest BCUT2D eigenvalue weighted by molar-refractivity contribution is 5.91. The summed E-state index contributed by atoms with van der Waals surface area (Å²) in [4.78, 5) is 17.5. The molecule has 1 aromatic carbocycles. The quantitative estimate of drug-likeness (QED) is 0.793. The van der Waals surface area contributed by atoms with E-state index in [-0.39, 0.29) is 17.4 Å². The van der Waals surface area contributed by atoms with Gasteiger partial charge in [-0.05, 0) is 26.0 Å². The van der Waals surface area contributed by atoms with Crippen molar-refractivity contribution in [3.63, 3.8) is 0 Å². The number of ether oxygens (including phenoxy) is 1. The number of aryl methyl sites for hydroxylation is 1. The lowest BCUT2D eigenvalue weighted by Gasteiger charge is -2.41. The molecule has 1 amide bonds. The maximum Gasteiger partial charge on any atom is 0.292 e. The Morgan fingerprint density at radius 2 is 1.96 bits per heavy atom. The predicted octanol–water partition coefficient (Wildman–Crippen LogP) is 3.61. The summed E-state index contributed by atoms with van der Waals surface area (Å²) in [6.07, 6.45) is 1.79. The fourth-order valence-corrected chi connectivity index (χ4v) is 4.05. The molecule has 28 heavy (non-hydrogen) atoms. The minimum absolute atomic E-state index is 0.115. The topological polar surface area (TPSA) is 58.8 Å². The van der Waals surface area contributed by atoms with Crippen molar-refractivity contribution in [2.75, 3.05) is 26.7 Å². The normalized spacial score (nSPS) is 19.4. The summed E-state index contributed by atoms with van der Waals surface area (Å²) in [5.74, 6) is 1.31. The monoisotopic (exact) mass is 383 g/mol. The molecule has 0 saturated carbocycles. The molecular weight excluding hydrogens is 354 g/mol. The van der Waals surface area contributed by atoms with Gasteiger partial charge in [0.15, 0.2) is 0 Å². The van der Waals surface area contributed by atoms with E-state index < -0.39 is 0 Å². The molecule has 0 aliphatic carbocycles. The summed E-state index contributed by atoms with van der Waals surface area (Å²) in [7, 11) is 2.13. The number of likely N-dealkylation sites (tertiary alicyclic amines) is 1. The highest BCUT2D eigenvalue weighted by Crippen LogP contribution is 2.36. The lowest BCUT2D eigenvalue weighted by molar-refractivity contribution is -0.0110. The highest BCUT2D eigenvalue weighted by atomic mass is 16.5. The van der Waals surface area contributed by atoms with Crippen LogP contribution in [0.5, 0.6) is 5.75 Å². The number of rotatable bonds is 2. The van der Waals surface area contributed by atoms with Gasteiger partial charge in [-0.15, -0.1) is 0 Å². The Morgan fingerprint density at radius 3 is 2.64 bits per heavy atom. The third-order valence-electron chi connectivity index (χ3n) is 5.90. The van der Waals surface area contributed by atoms with Crippen molar-refractivity contribution in [3.05, 3.63) is 46.8 Å². The summed E-state index contributed by atoms with van der Waals surface area (Å²) in [6.45, 7) is 9.15. The number of fused-ring (bicyclic) bond motifs is 1. The van der Waals surface area contributed by atoms with Crippen molar-refractivity contribution in [1.82, 2.24) is 15.0 Å². The predicted molar refractivity (Wildman–Crippen MR) is 107 cm³/mol. The molecule has 0 radical (unpaired) electrons. The van der Waals surface area contributed by atoms with Crippen molar-refractivity contribution in [1.29, 1.82) is 0 Å². The Morgan fingerprint density at radius 1 is 1.21 bits per heavy atom. The summed E-state index contributed by atoms with van der Waals surface area (Å²) < 4.78 is 12.0. The van der Waals surface area contributed by atoms with E-state index in [1.54, 1.807) is 6.07 Å². The van der Waals surface area contributed by atoms with E-state index in [1.807, 2.05) is 24.8 Å². The van der Waals surface area contributed by atoms with Crippen molar-refractivity contribution < 1.29 is 14.1 Å². The zero-order valence-electron chi connectivity index (χ0n) is 17.2. The Balaban J connectivity index is 1.68. The van der Waals surface area contributed by atoms with Gasteiger partial charge in [-0.2, -0.15) is 0 Å². The van der Waals surface area contributed by atoms with Crippen LogP contribution in [0.4, 0.5) is 0 Å². The zero-order chi connectivity index (χ0) is 19.9. The Bertz CT molecular complexity index is 866. The van der Waals surface area contributed by atoms with Crippen LogP contribution in [0.2, 0.25) is 0 Å². The van der Waals surface area contributed by atoms with Gasteiger partial charge >= 0.3 is 0 Å². The van der Waals surface area contributed by atoms with Gasteiger partial charge in [-0.25, -0.2) is 0 Å². The van der Waals surface area contributed by atoms with E-state index in [0.717, 1.165) is 48.5 Å². The van der Waals surface area contributed by atoms with Crippen molar-refractivity contribution in [3.8, 4) is 5.75 Å². The standard InChI is InChI=1S/C22H29N3O3/c1-15(2)18-12-20(28-23-18)21(26)25-13-17-11-16(3)5-6-19(17)27-22(14-25)7-9-24(4)10-8-22/h5-6,11-12,15H,7-10,13-14H2,1-4H3. The molecule has 3 heterocycles. The SMILES string of the molecule is Cc1ccc2c(c1)CN(C(=O)c1cc(C(C)C)no1)CC1(CCN(C)CC1)O2. The van der Waals surface area contributed by atoms with E-state index in [4.69, 9.17) is 9.26 Å².